The largest absolute Gasteiger partial charge is 0.480 e. The standard InChI is InChI=1S/C20H15F3N2O3/c21-20(22,23)14-7-1-4-12(10-14)11-16(19(27)28)25-18(26)15-8-2-5-13-6-3-9-24-17(13)15/h1-10,16H,11H2,(H,25,26)(H,27,28)/t16-/m1/s1. The summed E-state index contributed by atoms with van der Waals surface area (Å²) < 4.78 is 38.6. The molecule has 5 nitrogen and oxygen atoms in total. The number of nitrogens with zero attached hydrogens (tertiary/aromatic N) is 1. The van der Waals surface area contributed by atoms with E-state index in [1.54, 1.807) is 24.3 Å². The van der Waals surface area contributed by atoms with Gasteiger partial charge in [-0.25, -0.2) is 4.79 Å². The number of halogens is 3. The number of alkyl halides is 3. The van der Waals surface area contributed by atoms with E-state index in [1.165, 1.54) is 24.4 Å². The van der Waals surface area contributed by atoms with E-state index in [4.69, 9.17) is 0 Å². The summed E-state index contributed by atoms with van der Waals surface area (Å²) in [7, 11) is 0. The number of pyridine rings is 1. The summed E-state index contributed by atoms with van der Waals surface area (Å²) in [5.74, 6) is -2.01. The number of amides is 1. The third-order valence-electron chi connectivity index (χ3n) is 4.17. The number of aromatic nitrogens is 1. The molecule has 0 bridgehead atoms. The van der Waals surface area contributed by atoms with Crippen molar-refractivity contribution in [2.75, 3.05) is 0 Å². The van der Waals surface area contributed by atoms with Gasteiger partial charge in [-0.15, -0.1) is 0 Å². The third kappa shape index (κ3) is 4.28. The Balaban J connectivity index is 1.84. The average Bonchev–Trinajstić information content (AvgIpc) is 2.66. The number of benzene rings is 2. The molecule has 0 saturated heterocycles. The summed E-state index contributed by atoms with van der Waals surface area (Å²) in [6, 6.07) is 11.3. The molecule has 0 spiro atoms. The predicted molar refractivity (Wildman–Crippen MR) is 95.8 cm³/mol. The number of hydrogen-bond donors (Lipinski definition) is 2. The lowest BCUT2D eigenvalue weighted by Crippen LogP contribution is -2.42. The van der Waals surface area contributed by atoms with Crippen molar-refractivity contribution >= 4 is 22.8 Å². The van der Waals surface area contributed by atoms with Crippen LogP contribution in [0.2, 0.25) is 0 Å². The van der Waals surface area contributed by atoms with Crippen molar-refractivity contribution in [3.63, 3.8) is 0 Å². The Hall–Kier alpha value is -3.42. The van der Waals surface area contributed by atoms with E-state index >= 15 is 0 Å². The smallest absolute Gasteiger partial charge is 0.416 e. The fourth-order valence-corrected chi connectivity index (χ4v) is 2.83. The highest BCUT2D eigenvalue weighted by Gasteiger charge is 2.31. The molecular weight excluding hydrogens is 373 g/mol. The summed E-state index contributed by atoms with van der Waals surface area (Å²) in [6.45, 7) is 0. The molecule has 1 heterocycles. The topological polar surface area (TPSA) is 79.3 Å². The number of carboxylic acid groups (broad SMARTS) is 1. The van der Waals surface area contributed by atoms with Gasteiger partial charge in [0, 0.05) is 18.0 Å². The fourth-order valence-electron chi connectivity index (χ4n) is 2.83. The zero-order chi connectivity index (χ0) is 20.3. The minimum atomic E-state index is -4.54. The Morgan fingerprint density at radius 3 is 2.50 bits per heavy atom. The van der Waals surface area contributed by atoms with Crippen molar-refractivity contribution in [2.24, 2.45) is 0 Å². The van der Waals surface area contributed by atoms with Crippen LogP contribution in [0, 0.1) is 0 Å². The minimum absolute atomic E-state index is 0.151. The van der Waals surface area contributed by atoms with Crippen LogP contribution in [0.3, 0.4) is 0 Å². The van der Waals surface area contributed by atoms with Crippen molar-refractivity contribution in [2.45, 2.75) is 18.6 Å². The number of para-hydroxylation sites is 1. The molecule has 0 aliphatic heterocycles. The summed E-state index contributed by atoms with van der Waals surface area (Å²) in [6.07, 6.45) is -3.31. The Bertz CT molecular complexity index is 1030. The van der Waals surface area contributed by atoms with Crippen LogP contribution in [0.25, 0.3) is 10.9 Å². The Labute approximate surface area is 157 Å². The first-order valence-electron chi connectivity index (χ1n) is 8.29. The van der Waals surface area contributed by atoms with Crippen LogP contribution in [-0.2, 0) is 17.4 Å². The Morgan fingerprint density at radius 2 is 1.79 bits per heavy atom. The van der Waals surface area contributed by atoms with Crippen LogP contribution >= 0.6 is 0 Å². The number of carboxylic acids is 1. The molecule has 1 amide bonds. The molecule has 0 fully saturated rings. The number of carbonyl (C=O) groups is 2. The van der Waals surface area contributed by atoms with Crippen LogP contribution in [0.15, 0.2) is 60.8 Å². The van der Waals surface area contributed by atoms with Crippen molar-refractivity contribution in [1.82, 2.24) is 10.3 Å². The van der Waals surface area contributed by atoms with Crippen molar-refractivity contribution < 1.29 is 27.9 Å². The molecule has 2 aromatic carbocycles. The van der Waals surface area contributed by atoms with Gasteiger partial charge in [0.1, 0.15) is 6.04 Å². The van der Waals surface area contributed by atoms with Crippen LogP contribution in [0.5, 0.6) is 0 Å². The quantitative estimate of drug-likeness (QED) is 0.699. The van der Waals surface area contributed by atoms with E-state index in [1.807, 2.05) is 0 Å². The van der Waals surface area contributed by atoms with Crippen LogP contribution < -0.4 is 5.32 Å². The molecule has 144 valence electrons. The van der Waals surface area contributed by atoms with E-state index < -0.39 is 29.7 Å². The zero-order valence-electron chi connectivity index (χ0n) is 14.4. The van der Waals surface area contributed by atoms with Gasteiger partial charge in [0.05, 0.1) is 16.6 Å². The lowest BCUT2D eigenvalue weighted by molar-refractivity contribution is -0.139. The second-order valence-electron chi connectivity index (χ2n) is 6.15. The molecule has 0 aliphatic carbocycles. The second kappa shape index (κ2) is 7.67. The number of aliphatic carboxylic acids is 1. The molecule has 0 unspecified atom stereocenters. The van der Waals surface area contributed by atoms with Crippen LogP contribution in [-0.4, -0.2) is 28.0 Å². The highest BCUT2D eigenvalue weighted by Crippen LogP contribution is 2.29. The molecule has 2 N–H and O–H groups in total. The van der Waals surface area contributed by atoms with E-state index in [9.17, 15) is 27.9 Å². The van der Waals surface area contributed by atoms with E-state index in [0.29, 0.717) is 10.9 Å². The van der Waals surface area contributed by atoms with E-state index in [2.05, 4.69) is 10.3 Å². The van der Waals surface area contributed by atoms with Crippen molar-refractivity contribution in [1.29, 1.82) is 0 Å². The normalized spacial score (nSPS) is 12.5. The van der Waals surface area contributed by atoms with Gasteiger partial charge in [0.15, 0.2) is 0 Å². The highest BCUT2D eigenvalue weighted by molar-refractivity contribution is 6.06. The molecule has 8 heteroatoms. The lowest BCUT2D eigenvalue weighted by Gasteiger charge is -2.16. The third-order valence-corrected chi connectivity index (χ3v) is 4.17. The molecule has 3 rings (SSSR count). The fraction of sp³-hybridized carbons (Fsp3) is 0.150. The first-order valence-corrected chi connectivity index (χ1v) is 8.29. The zero-order valence-corrected chi connectivity index (χ0v) is 14.4. The molecule has 1 atom stereocenters. The molecule has 28 heavy (non-hydrogen) atoms. The first-order chi connectivity index (χ1) is 13.3. The molecule has 3 aromatic rings. The monoisotopic (exact) mass is 388 g/mol. The number of nitrogens with one attached hydrogen (secondary N) is 1. The number of rotatable bonds is 5. The van der Waals surface area contributed by atoms with Gasteiger partial charge in [-0.05, 0) is 23.8 Å². The number of hydrogen-bond acceptors (Lipinski definition) is 3. The molecule has 0 aliphatic rings. The Kier molecular flexibility index (Phi) is 5.30. The van der Waals surface area contributed by atoms with Gasteiger partial charge in [-0.2, -0.15) is 13.2 Å². The van der Waals surface area contributed by atoms with Crippen LogP contribution in [0.1, 0.15) is 21.5 Å². The SMILES string of the molecule is O=C(N[C@H](Cc1cccc(C(F)(F)F)c1)C(=O)O)c1cccc2cccnc12. The number of carbonyl (C=O) groups excluding carboxylic acids is 1. The average molecular weight is 388 g/mol. The van der Waals surface area contributed by atoms with Crippen molar-refractivity contribution in [3.8, 4) is 0 Å². The van der Waals surface area contributed by atoms with E-state index in [-0.39, 0.29) is 17.5 Å². The molecule has 0 radical (unpaired) electrons. The maximum atomic E-state index is 12.9. The number of fused-ring (bicyclic) bond motifs is 1. The van der Waals surface area contributed by atoms with Crippen molar-refractivity contribution in [3.05, 3.63) is 77.5 Å². The summed E-state index contributed by atoms with van der Waals surface area (Å²) >= 11 is 0. The molecule has 0 saturated carbocycles. The maximum absolute atomic E-state index is 12.9. The first kappa shape index (κ1) is 19.3. The van der Waals surface area contributed by atoms with Gasteiger partial charge >= 0.3 is 12.1 Å². The van der Waals surface area contributed by atoms with E-state index in [0.717, 1.165) is 12.1 Å². The lowest BCUT2D eigenvalue weighted by atomic mass is 10.0. The Morgan fingerprint density at radius 1 is 1.07 bits per heavy atom. The van der Waals surface area contributed by atoms with Gasteiger partial charge in [0.25, 0.3) is 5.91 Å². The second-order valence-corrected chi connectivity index (χ2v) is 6.15. The minimum Gasteiger partial charge on any atom is -0.480 e. The molecular formula is C20H15F3N2O3. The van der Waals surface area contributed by atoms with Gasteiger partial charge in [0.2, 0.25) is 0 Å². The van der Waals surface area contributed by atoms with Gasteiger partial charge < -0.3 is 10.4 Å². The predicted octanol–water partition coefficient (Wildman–Crippen LogP) is 3.68. The molecule has 1 aromatic heterocycles. The maximum Gasteiger partial charge on any atom is 0.416 e. The summed E-state index contributed by atoms with van der Waals surface area (Å²) in [5.41, 5.74) is -0.128. The summed E-state index contributed by atoms with van der Waals surface area (Å²) in [5, 5.41) is 12.5. The summed E-state index contributed by atoms with van der Waals surface area (Å²) in [4.78, 5) is 28.3. The van der Waals surface area contributed by atoms with Crippen LogP contribution in [0.4, 0.5) is 13.2 Å². The van der Waals surface area contributed by atoms with Gasteiger partial charge in [-0.3, -0.25) is 9.78 Å². The highest BCUT2D eigenvalue weighted by atomic mass is 19.4. The van der Waals surface area contributed by atoms with Gasteiger partial charge in [-0.1, -0.05) is 36.4 Å².